The van der Waals surface area contributed by atoms with Crippen molar-refractivity contribution < 1.29 is 4.79 Å². The van der Waals surface area contributed by atoms with E-state index in [-0.39, 0.29) is 18.3 Å². The molecule has 0 radical (unpaired) electrons. The topological polar surface area (TPSA) is 58.6 Å². The van der Waals surface area contributed by atoms with E-state index in [1.54, 1.807) is 0 Å². The highest BCUT2D eigenvalue weighted by Gasteiger charge is 2.20. The number of aryl methyl sites for hydroxylation is 1. The highest BCUT2D eigenvalue weighted by Crippen LogP contribution is 2.19. The molecule has 1 N–H and O–H groups in total. The van der Waals surface area contributed by atoms with Gasteiger partial charge in [0.15, 0.2) is 0 Å². The van der Waals surface area contributed by atoms with Crippen LogP contribution in [0.4, 0.5) is 0 Å². The Bertz CT molecular complexity index is 273. The van der Waals surface area contributed by atoms with Crippen molar-refractivity contribution >= 4 is 18.7 Å². The maximum absolute atomic E-state index is 10.4. The molecule has 4 nitrogen and oxygen atoms in total. The number of nitrogens with zero attached hydrogens (tertiary/aromatic N) is 2. The number of aromatic nitrogens is 3. The molecular formula is C7H10ClN3O. The highest BCUT2D eigenvalue weighted by atomic mass is 35.5. The molecule has 2 rings (SSSR count). The van der Waals surface area contributed by atoms with Gasteiger partial charge in [0.1, 0.15) is 6.29 Å². The maximum atomic E-state index is 10.4. The summed E-state index contributed by atoms with van der Waals surface area (Å²) in [6.45, 7) is 0. The molecule has 0 aromatic carbocycles. The number of carbonyl (C=O) groups excluding carboxylic acids is 1. The quantitative estimate of drug-likeness (QED) is 0.653. The zero-order valence-corrected chi connectivity index (χ0v) is 7.30. The van der Waals surface area contributed by atoms with E-state index in [0.29, 0.717) is 0 Å². The Labute approximate surface area is 76.2 Å². The molecular weight excluding hydrogens is 178 g/mol. The minimum atomic E-state index is 0. The van der Waals surface area contributed by atoms with Crippen LogP contribution in [0, 0.1) is 5.92 Å². The summed E-state index contributed by atoms with van der Waals surface area (Å²) in [6, 6.07) is 0. The molecule has 1 aliphatic rings. The van der Waals surface area contributed by atoms with E-state index in [1.165, 1.54) is 0 Å². The predicted octanol–water partition coefficient (Wildman–Crippen LogP) is 0.530. The largest absolute Gasteiger partial charge is 0.303 e. The van der Waals surface area contributed by atoms with Crippen LogP contribution in [0.3, 0.4) is 0 Å². The fraction of sp³-hybridized carbons (Fsp3) is 0.571. The van der Waals surface area contributed by atoms with Gasteiger partial charge in [-0.1, -0.05) is 0 Å². The molecule has 0 saturated heterocycles. The monoisotopic (exact) mass is 187 g/mol. The Hall–Kier alpha value is -0.900. The summed E-state index contributed by atoms with van der Waals surface area (Å²) in [6.07, 6.45) is 3.57. The lowest BCUT2D eigenvalue weighted by molar-refractivity contribution is -0.111. The van der Waals surface area contributed by atoms with Gasteiger partial charge in [-0.15, -0.1) is 12.4 Å². The van der Waals surface area contributed by atoms with Gasteiger partial charge in [-0.25, -0.2) is 0 Å². The normalized spacial score (nSPS) is 20.8. The number of carbonyl (C=O) groups is 1. The van der Waals surface area contributed by atoms with E-state index >= 15 is 0 Å². The molecule has 1 unspecified atom stereocenters. The van der Waals surface area contributed by atoms with E-state index in [9.17, 15) is 4.79 Å². The van der Waals surface area contributed by atoms with Crippen LogP contribution in [-0.2, 0) is 17.6 Å². The number of nitrogens with one attached hydrogen (secondary N) is 1. The average molecular weight is 188 g/mol. The van der Waals surface area contributed by atoms with E-state index in [0.717, 1.165) is 36.9 Å². The van der Waals surface area contributed by atoms with E-state index in [4.69, 9.17) is 0 Å². The lowest BCUT2D eigenvalue weighted by Crippen LogP contribution is -2.14. The van der Waals surface area contributed by atoms with Gasteiger partial charge in [0, 0.05) is 12.3 Å². The summed E-state index contributed by atoms with van der Waals surface area (Å²) in [4.78, 5) is 10.4. The summed E-state index contributed by atoms with van der Waals surface area (Å²) in [7, 11) is 0. The molecule has 0 bridgehead atoms. The Morgan fingerprint density at radius 2 is 2.17 bits per heavy atom. The van der Waals surface area contributed by atoms with Crippen molar-refractivity contribution in [1.82, 2.24) is 15.4 Å². The first-order valence-electron chi connectivity index (χ1n) is 3.74. The van der Waals surface area contributed by atoms with Crippen molar-refractivity contribution in [3.05, 3.63) is 11.4 Å². The minimum absolute atomic E-state index is 0. The van der Waals surface area contributed by atoms with Crippen molar-refractivity contribution in [1.29, 1.82) is 0 Å². The summed E-state index contributed by atoms with van der Waals surface area (Å²) >= 11 is 0. The standard InChI is InChI=1S/C7H9N3O.ClH/c11-4-5-1-2-6-7(3-5)9-10-8-6;/h4-5H,1-3H2,(H,8,9,10);1H. The molecule has 0 fully saturated rings. The molecule has 12 heavy (non-hydrogen) atoms. The fourth-order valence-electron chi connectivity index (χ4n) is 1.43. The lowest BCUT2D eigenvalue weighted by atomic mass is 9.91. The van der Waals surface area contributed by atoms with Crippen molar-refractivity contribution in [2.45, 2.75) is 19.3 Å². The minimum Gasteiger partial charge on any atom is -0.303 e. The number of hydrogen-bond acceptors (Lipinski definition) is 3. The molecule has 1 heterocycles. The summed E-state index contributed by atoms with van der Waals surface area (Å²) < 4.78 is 0. The number of fused-ring (bicyclic) bond motifs is 1. The molecule has 0 aliphatic heterocycles. The third-order valence-electron chi connectivity index (χ3n) is 2.10. The van der Waals surface area contributed by atoms with Crippen molar-refractivity contribution in [3.63, 3.8) is 0 Å². The average Bonchev–Trinajstić information content (AvgIpc) is 2.50. The van der Waals surface area contributed by atoms with Crippen LogP contribution in [0.5, 0.6) is 0 Å². The Morgan fingerprint density at radius 1 is 1.42 bits per heavy atom. The van der Waals surface area contributed by atoms with Crippen LogP contribution in [0.2, 0.25) is 0 Å². The SMILES string of the molecule is Cl.O=CC1CCc2n[nH]nc2C1. The van der Waals surface area contributed by atoms with E-state index in [1.807, 2.05) is 0 Å². The van der Waals surface area contributed by atoms with Crippen molar-refractivity contribution in [2.24, 2.45) is 5.92 Å². The van der Waals surface area contributed by atoms with Crippen molar-refractivity contribution in [2.75, 3.05) is 0 Å². The number of aromatic amines is 1. The second-order valence-electron chi connectivity index (χ2n) is 2.86. The van der Waals surface area contributed by atoms with Gasteiger partial charge in [0.2, 0.25) is 0 Å². The molecule has 1 aromatic rings. The third-order valence-corrected chi connectivity index (χ3v) is 2.10. The van der Waals surface area contributed by atoms with Gasteiger partial charge in [0.05, 0.1) is 11.4 Å². The Morgan fingerprint density at radius 3 is 2.92 bits per heavy atom. The van der Waals surface area contributed by atoms with E-state index in [2.05, 4.69) is 15.4 Å². The fourth-order valence-corrected chi connectivity index (χ4v) is 1.43. The van der Waals surface area contributed by atoms with Gasteiger partial charge < -0.3 is 4.79 Å². The first-order chi connectivity index (χ1) is 5.40. The number of H-pyrrole nitrogens is 1. The van der Waals surface area contributed by atoms with Gasteiger partial charge in [0.25, 0.3) is 0 Å². The van der Waals surface area contributed by atoms with Gasteiger partial charge in [-0.3, -0.25) is 0 Å². The third kappa shape index (κ3) is 1.48. The van der Waals surface area contributed by atoms with Crippen LogP contribution in [0.15, 0.2) is 0 Å². The first kappa shape index (κ1) is 9.19. The number of aldehydes is 1. The predicted molar refractivity (Wildman–Crippen MR) is 45.2 cm³/mol. The summed E-state index contributed by atoms with van der Waals surface area (Å²) in [5.41, 5.74) is 2.00. The second kappa shape index (κ2) is 3.67. The number of rotatable bonds is 1. The highest BCUT2D eigenvalue weighted by molar-refractivity contribution is 5.85. The molecule has 5 heteroatoms. The molecule has 0 spiro atoms. The van der Waals surface area contributed by atoms with Crippen LogP contribution < -0.4 is 0 Å². The molecule has 1 aromatic heterocycles. The smallest absolute Gasteiger partial charge is 0.123 e. The van der Waals surface area contributed by atoms with Gasteiger partial charge in [-0.2, -0.15) is 15.4 Å². The zero-order valence-electron chi connectivity index (χ0n) is 6.49. The van der Waals surface area contributed by atoms with Crippen LogP contribution in [-0.4, -0.2) is 21.7 Å². The molecule has 66 valence electrons. The maximum Gasteiger partial charge on any atom is 0.123 e. The lowest BCUT2D eigenvalue weighted by Gasteiger charge is -2.13. The molecule has 0 amide bonds. The Balaban J connectivity index is 0.000000720. The van der Waals surface area contributed by atoms with Crippen LogP contribution in [0.1, 0.15) is 17.8 Å². The zero-order chi connectivity index (χ0) is 7.68. The number of hydrogen-bond donors (Lipinski definition) is 1. The van der Waals surface area contributed by atoms with E-state index < -0.39 is 0 Å². The molecule has 1 atom stereocenters. The summed E-state index contributed by atoms with van der Waals surface area (Å²) in [5, 5.41) is 10.5. The van der Waals surface area contributed by atoms with Gasteiger partial charge in [-0.05, 0) is 12.8 Å². The first-order valence-corrected chi connectivity index (χ1v) is 3.74. The molecule has 0 saturated carbocycles. The van der Waals surface area contributed by atoms with Crippen LogP contribution >= 0.6 is 12.4 Å². The van der Waals surface area contributed by atoms with Crippen molar-refractivity contribution in [3.8, 4) is 0 Å². The second-order valence-corrected chi connectivity index (χ2v) is 2.86. The molecule has 1 aliphatic carbocycles. The van der Waals surface area contributed by atoms with Gasteiger partial charge >= 0.3 is 0 Å². The number of halogens is 1. The van der Waals surface area contributed by atoms with Crippen LogP contribution in [0.25, 0.3) is 0 Å². The Kier molecular flexibility index (Phi) is 2.81. The summed E-state index contributed by atoms with van der Waals surface area (Å²) in [5.74, 6) is 0.160.